The molecule has 0 aromatic rings. The van der Waals surface area contributed by atoms with Gasteiger partial charge in [0.05, 0.1) is 12.8 Å². The summed E-state index contributed by atoms with van der Waals surface area (Å²) in [4.78, 5) is 21.5. The summed E-state index contributed by atoms with van der Waals surface area (Å²) in [5.74, 6) is -1.13. The normalized spacial score (nSPS) is 30.7. The van der Waals surface area contributed by atoms with Crippen LogP contribution in [0.1, 0.15) is 25.7 Å². The minimum absolute atomic E-state index is 0.0230. The van der Waals surface area contributed by atoms with Crippen LogP contribution in [0, 0.1) is 17.3 Å². The molecule has 0 unspecified atom stereocenters. The molecule has 2 N–H and O–H groups in total. The second-order valence-electron chi connectivity index (χ2n) is 4.66. The number of hydrogen-bond donors (Lipinski definition) is 2. The first-order chi connectivity index (χ1) is 7.03. The van der Waals surface area contributed by atoms with Gasteiger partial charge in [-0.2, -0.15) is 0 Å². The highest BCUT2D eigenvalue weighted by atomic mass is 16.4. The second kappa shape index (κ2) is 3.36. The fourth-order valence-corrected chi connectivity index (χ4v) is 3.16. The standard InChI is InChI=1S/C11H14O4/c12-9(13)5-11(6-10(14)15)4-7-2-1-3-8(7)11/h1,3,7-8H,2,4-6H2,(H,12,13)(H,14,15)/t7-,8-/m1/s1. The van der Waals surface area contributed by atoms with Crippen molar-refractivity contribution in [1.29, 1.82) is 0 Å². The van der Waals surface area contributed by atoms with Crippen molar-refractivity contribution >= 4 is 11.9 Å². The lowest BCUT2D eigenvalue weighted by Crippen LogP contribution is -2.47. The number of fused-ring (bicyclic) bond motifs is 1. The van der Waals surface area contributed by atoms with Crippen molar-refractivity contribution in [3.05, 3.63) is 12.2 Å². The van der Waals surface area contributed by atoms with Crippen LogP contribution in [0.25, 0.3) is 0 Å². The van der Waals surface area contributed by atoms with Crippen molar-refractivity contribution in [1.82, 2.24) is 0 Å². The Balaban J connectivity index is 2.13. The van der Waals surface area contributed by atoms with E-state index in [4.69, 9.17) is 10.2 Å². The van der Waals surface area contributed by atoms with Crippen molar-refractivity contribution in [2.75, 3.05) is 0 Å². The first-order valence-electron chi connectivity index (χ1n) is 5.14. The topological polar surface area (TPSA) is 74.6 Å². The summed E-state index contributed by atoms with van der Waals surface area (Å²) >= 11 is 0. The van der Waals surface area contributed by atoms with E-state index in [1.807, 2.05) is 12.2 Å². The predicted molar refractivity (Wildman–Crippen MR) is 52.3 cm³/mol. The molecule has 0 aromatic carbocycles. The lowest BCUT2D eigenvalue weighted by Gasteiger charge is -2.51. The summed E-state index contributed by atoms with van der Waals surface area (Å²) in [5, 5.41) is 17.7. The van der Waals surface area contributed by atoms with Crippen LogP contribution in [0.2, 0.25) is 0 Å². The maximum Gasteiger partial charge on any atom is 0.303 e. The molecule has 4 heteroatoms. The summed E-state index contributed by atoms with van der Waals surface area (Å²) in [7, 11) is 0. The van der Waals surface area contributed by atoms with Gasteiger partial charge in [0.25, 0.3) is 0 Å². The monoisotopic (exact) mass is 210 g/mol. The molecule has 15 heavy (non-hydrogen) atoms. The first kappa shape index (κ1) is 10.2. The summed E-state index contributed by atoms with van der Waals surface area (Å²) in [6.45, 7) is 0. The smallest absolute Gasteiger partial charge is 0.303 e. The highest BCUT2D eigenvalue weighted by Crippen LogP contribution is 2.60. The van der Waals surface area contributed by atoms with Gasteiger partial charge in [-0.15, -0.1) is 0 Å². The van der Waals surface area contributed by atoms with Gasteiger partial charge in [-0.05, 0) is 30.1 Å². The molecule has 0 aliphatic heterocycles. The average molecular weight is 210 g/mol. The van der Waals surface area contributed by atoms with E-state index in [9.17, 15) is 9.59 Å². The molecule has 2 aliphatic rings. The molecule has 0 radical (unpaired) electrons. The highest BCUT2D eigenvalue weighted by Gasteiger charge is 2.55. The van der Waals surface area contributed by atoms with Gasteiger partial charge in [0.1, 0.15) is 0 Å². The zero-order chi connectivity index (χ0) is 11.1. The first-order valence-corrected chi connectivity index (χ1v) is 5.14. The number of rotatable bonds is 4. The Morgan fingerprint density at radius 1 is 1.27 bits per heavy atom. The second-order valence-corrected chi connectivity index (χ2v) is 4.66. The van der Waals surface area contributed by atoms with E-state index in [-0.39, 0.29) is 18.8 Å². The minimum atomic E-state index is -0.894. The quantitative estimate of drug-likeness (QED) is 0.690. The Hall–Kier alpha value is -1.32. The summed E-state index contributed by atoms with van der Waals surface area (Å²) in [6, 6.07) is 0. The fourth-order valence-electron chi connectivity index (χ4n) is 3.16. The number of carboxylic acid groups (broad SMARTS) is 2. The van der Waals surface area contributed by atoms with Crippen LogP contribution in [0.15, 0.2) is 12.2 Å². The summed E-state index contributed by atoms with van der Waals surface area (Å²) in [5.41, 5.74) is -0.519. The van der Waals surface area contributed by atoms with E-state index in [1.165, 1.54) is 0 Å². The van der Waals surface area contributed by atoms with E-state index in [0.29, 0.717) is 5.92 Å². The van der Waals surface area contributed by atoms with Gasteiger partial charge in [0, 0.05) is 0 Å². The predicted octanol–water partition coefficient (Wildman–Crippen LogP) is 1.52. The van der Waals surface area contributed by atoms with Crippen LogP contribution in [0.4, 0.5) is 0 Å². The molecule has 0 spiro atoms. The van der Waals surface area contributed by atoms with Crippen LogP contribution in [0.3, 0.4) is 0 Å². The molecule has 0 saturated heterocycles. The highest BCUT2D eigenvalue weighted by molar-refractivity contribution is 5.72. The van der Waals surface area contributed by atoms with Gasteiger partial charge in [-0.25, -0.2) is 0 Å². The van der Waals surface area contributed by atoms with Gasteiger partial charge >= 0.3 is 11.9 Å². The van der Waals surface area contributed by atoms with E-state index < -0.39 is 17.4 Å². The molecule has 0 bridgehead atoms. The summed E-state index contributed by atoms with van der Waals surface area (Å²) in [6.07, 6.45) is 5.71. The van der Waals surface area contributed by atoms with Crippen LogP contribution in [0.5, 0.6) is 0 Å². The van der Waals surface area contributed by atoms with Gasteiger partial charge in [-0.3, -0.25) is 9.59 Å². The zero-order valence-corrected chi connectivity index (χ0v) is 8.35. The molecule has 4 nitrogen and oxygen atoms in total. The van der Waals surface area contributed by atoms with Crippen molar-refractivity contribution in [3.8, 4) is 0 Å². The van der Waals surface area contributed by atoms with Crippen molar-refractivity contribution < 1.29 is 19.8 Å². The Bertz CT molecular complexity index is 315. The molecular weight excluding hydrogens is 196 g/mol. The van der Waals surface area contributed by atoms with Gasteiger partial charge in [0.15, 0.2) is 0 Å². The van der Waals surface area contributed by atoms with Crippen LogP contribution < -0.4 is 0 Å². The molecule has 82 valence electrons. The number of carboxylic acids is 2. The SMILES string of the molecule is O=C(O)CC1(CC(=O)O)C[C@H]2CC=C[C@H]21. The Morgan fingerprint density at radius 2 is 1.87 bits per heavy atom. The molecule has 1 fully saturated rings. The lowest BCUT2D eigenvalue weighted by molar-refractivity contribution is -0.152. The van der Waals surface area contributed by atoms with Crippen molar-refractivity contribution in [3.63, 3.8) is 0 Å². The minimum Gasteiger partial charge on any atom is -0.481 e. The zero-order valence-electron chi connectivity index (χ0n) is 8.35. The summed E-state index contributed by atoms with van der Waals surface area (Å²) < 4.78 is 0. The third kappa shape index (κ3) is 1.64. The third-order valence-corrected chi connectivity index (χ3v) is 3.67. The molecule has 0 heterocycles. The number of carbonyl (C=O) groups is 2. The molecule has 1 saturated carbocycles. The van der Waals surface area contributed by atoms with E-state index in [1.54, 1.807) is 0 Å². The Morgan fingerprint density at radius 3 is 2.33 bits per heavy atom. The Kier molecular flexibility index (Phi) is 2.29. The average Bonchev–Trinajstić information content (AvgIpc) is 2.44. The Labute approximate surface area is 87.6 Å². The van der Waals surface area contributed by atoms with Gasteiger partial charge < -0.3 is 10.2 Å². The third-order valence-electron chi connectivity index (χ3n) is 3.67. The van der Waals surface area contributed by atoms with E-state index >= 15 is 0 Å². The number of aliphatic carboxylic acids is 2. The maximum atomic E-state index is 10.8. The molecule has 0 aromatic heterocycles. The van der Waals surface area contributed by atoms with Crippen LogP contribution >= 0.6 is 0 Å². The van der Waals surface area contributed by atoms with Gasteiger partial charge in [0.2, 0.25) is 0 Å². The molecule has 2 aliphatic carbocycles. The molecule has 2 atom stereocenters. The van der Waals surface area contributed by atoms with E-state index in [0.717, 1.165) is 12.8 Å². The largest absolute Gasteiger partial charge is 0.481 e. The lowest BCUT2D eigenvalue weighted by atomic mass is 9.52. The molecular formula is C11H14O4. The maximum absolute atomic E-state index is 10.8. The van der Waals surface area contributed by atoms with Crippen LogP contribution in [-0.4, -0.2) is 22.2 Å². The van der Waals surface area contributed by atoms with Crippen LogP contribution in [-0.2, 0) is 9.59 Å². The van der Waals surface area contributed by atoms with Gasteiger partial charge in [-0.1, -0.05) is 12.2 Å². The number of allylic oxidation sites excluding steroid dienone is 2. The fraction of sp³-hybridized carbons (Fsp3) is 0.636. The van der Waals surface area contributed by atoms with E-state index in [2.05, 4.69) is 0 Å². The van der Waals surface area contributed by atoms with Crippen molar-refractivity contribution in [2.45, 2.75) is 25.7 Å². The molecule has 2 rings (SSSR count). The number of hydrogen-bond acceptors (Lipinski definition) is 2. The van der Waals surface area contributed by atoms with Crippen molar-refractivity contribution in [2.24, 2.45) is 17.3 Å². The molecule has 0 amide bonds.